The van der Waals surface area contributed by atoms with E-state index in [1.165, 1.54) is 29.0 Å². The van der Waals surface area contributed by atoms with E-state index in [4.69, 9.17) is 0 Å². The van der Waals surface area contributed by atoms with E-state index in [0.717, 1.165) is 24.1 Å². The Balaban J connectivity index is 1.73. The number of halogens is 1. The zero-order chi connectivity index (χ0) is 17.1. The second-order valence-electron chi connectivity index (χ2n) is 6.27. The predicted molar refractivity (Wildman–Crippen MR) is 96.2 cm³/mol. The number of amides is 1. The molecule has 1 aliphatic carbocycles. The Morgan fingerprint density at radius 3 is 2.83 bits per heavy atom. The van der Waals surface area contributed by atoms with Gasteiger partial charge in [0, 0.05) is 4.88 Å². The van der Waals surface area contributed by atoms with Crippen LogP contribution in [0.1, 0.15) is 52.4 Å². The lowest BCUT2D eigenvalue weighted by Gasteiger charge is -2.16. The average Bonchev–Trinajstić information content (AvgIpc) is 3.00. The number of rotatable bonds is 4. The average molecular weight is 344 g/mol. The van der Waals surface area contributed by atoms with Gasteiger partial charge in [0.25, 0.3) is 5.91 Å². The molecule has 5 heteroatoms. The molecular weight excluding hydrogens is 323 g/mol. The summed E-state index contributed by atoms with van der Waals surface area (Å²) in [5, 5.41) is 4.24. The Morgan fingerprint density at radius 2 is 2.12 bits per heavy atom. The molecule has 1 heterocycles. The summed E-state index contributed by atoms with van der Waals surface area (Å²) in [6, 6.07) is 8.15. The molecule has 0 saturated heterocycles. The number of hydrogen-bond acceptors (Lipinski definition) is 3. The first-order valence-electron chi connectivity index (χ1n) is 8.31. The van der Waals surface area contributed by atoms with Gasteiger partial charge >= 0.3 is 0 Å². The number of carbonyl (C=O) groups excluding carboxylic acids is 1. The third-order valence-electron chi connectivity index (χ3n) is 4.36. The normalized spacial score (nSPS) is 17.5. The number of benzene rings is 1. The topological polar surface area (TPSA) is 41.5 Å². The quantitative estimate of drug-likeness (QED) is 0.641. The van der Waals surface area contributed by atoms with Gasteiger partial charge < -0.3 is 0 Å². The van der Waals surface area contributed by atoms with E-state index in [0.29, 0.717) is 17.2 Å². The highest BCUT2D eigenvalue weighted by atomic mass is 32.1. The summed E-state index contributed by atoms with van der Waals surface area (Å²) in [7, 11) is 0. The lowest BCUT2D eigenvalue weighted by molar-refractivity contribution is 0.0958. The summed E-state index contributed by atoms with van der Waals surface area (Å²) in [6.45, 7) is 4.21. The summed E-state index contributed by atoms with van der Waals surface area (Å²) in [5.74, 6) is 0.234. The number of nitrogens with zero attached hydrogens (tertiary/aromatic N) is 1. The molecule has 2 aromatic rings. The van der Waals surface area contributed by atoms with E-state index in [-0.39, 0.29) is 11.7 Å². The highest BCUT2D eigenvalue weighted by Crippen LogP contribution is 2.32. The summed E-state index contributed by atoms with van der Waals surface area (Å²) < 4.78 is 13.0. The van der Waals surface area contributed by atoms with E-state index >= 15 is 0 Å². The van der Waals surface area contributed by atoms with Crippen molar-refractivity contribution < 1.29 is 9.18 Å². The molecule has 1 aliphatic rings. The van der Waals surface area contributed by atoms with Gasteiger partial charge in [-0.15, -0.1) is 11.3 Å². The van der Waals surface area contributed by atoms with Gasteiger partial charge in [-0.1, -0.05) is 26.0 Å². The number of fused-ring (bicyclic) bond motifs is 1. The number of aryl methyl sites for hydroxylation is 1. The third-order valence-corrected chi connectivity index (χ3v) is 5.59. The fraction of sp³-hybridized carbons (Fsp3) is 0.368. The van der Waals surface area contributed by atoms with Crippen molar-refractivity contribution in [2.24, 2.45) is 11.0 Å². The maximum atomic E-state index is 13.0. The van der Waals surface area contributed by atoms with E-state index in [1.54, 1.807) is 23.5 Å². The van der Waals surface area contributed by atoms with Crippen LogP contribution >= 0.6 is 11.3 Å². The lowest BCUT2D eigenvalue weighted by Crippen LogP contribution is -2.19. The summed E-state index contributed by atoms with van der Waals surface area (Å²) >= 11 is 1.57. The molecule has 1 aromatic carbocycles. The molecule has 3 nitrogen and oxygen atoms in total. The molecular formula is C19H21FN2OS. The van der Waals surface area contributed by atoms with Crippen molar-refractivity contribution in [3.63, 3.8) is 0 Å². The summed E-state index contributed by atoms with van der Waals surface area (Å²) in [6.07, 6.45) is 3.97. The minimum Gasteiger partial charge on any atom is -0.266 e. The highest BCUT2D eigenvalue weighted by Gasteiger charge is 2.20. The first kappa shape index (κ1) is 16.8. The Hall–Kier alpha value is -2.01. The van der Waals surface area contributed by atoms with Crippen molar-refractivity contribution in [3.05, 3.63) is 57.0 Å². The molecule has 0 radical (unpaired) electrons. The van der Waals surface area contributed by atoms with E-state index in [1.807, 2.05) is 13.0 Å². The van der Waals surface area contributed by atoms with Crippen LogP contribution in [-0.2, 0) is 12.8 Å². The molecule has 3 rings (SSSR count). The van der Waals surface area contributed by atoms with Crippen LogP contribution in [0.3, 0.4) is 0 Å². The minimum absolute atomic E-state index is 0.171. The van der Waals surface area contributed by atoms with Crippen molar-refractivity contribution in [2.45, 2.75) is 39.5 Å². The van der Waals surface area contributed by atoms with E-state index in [2.05, 4.69) is 17.5 Å². The third kappa shape index (κ3) is 3.73. The fourth-order valence-electron chi connectivity index (χ4n) is 2.98. The molecule has 0 bridgehead atoms. The minimum atomic E-state index is -0.281. The molecule has 0 aliphatic heterocycles. The zero-order valence-corrected chi connectivity index (χ0v) is 14.8. The highest BCUT2D eigenvalue weighted by molar-refractivity contribution is 7.14. The van der Waals surface area contributed by atoms with Crippen LogP contribution < -0.4 is 5.43 Å². The fourth-order valence-corrected chi connectivity index (χ4v) is 4.08. The molecule has 1 atom stereocenters. The van der Waals surface area contributed by atoms with Gasteiger partial charge in [-0.05, 0) is 60.9 Å². The molecule has 1 amide bonds. The lowest BCUT2D eigenvalue weighted by atomic mass is 9.90. The molecule has 24 heavy (non-hydrogen) atoms. The number of hydrazone groups is 1. The van der Waals surface area contributed by atoms with Gasteiger partial charge in [0.2, 0.25) is 0 Å². The summed E-state index contributed by atoms with van der Waals surface area (Å²) in [5.41, 5.74) is 5.51. The van der Waals surface area contributed by atoms with Gasteiger partial charge in [0.15, 0.2) is 0 Å². The van der Waals surface area contributed by atoms with Crippen molar-refractivity contribution in [3.8, 4) is 0 Å². The first-order valence-corrected chi connectivity index (χ1v) is 9.13. The van der Waals surface area contributed by atoms with Crippen molar-refractivity contribution in [1.82, 2.24) is 5.43 Å². The van der Waals surface area contributed by atoms with Gasteiger partial charge in [-0.2, -0.15) is 5.10 Å². The monoisotopic (exact) mass is 344 g/mol. The predicted octanol–water partition coefficient (Wildman–Crippen LogP) is 4.56. The smallest absolute Gasteiger partial charge is 0.266 e. The second kappa shape index (κ2) is 7.26. The zero-order valence-electron chi connectivity index (χ0n) is 13.9. The SMILES string of the molecule is CC/C(=N/NC(=O)c1cc2c(s1)CC[C@H](C)C2)c1ccc(F)cc1. The molecule has 1 aromatic heterocycles. The molecule has 1 N–H and O–H groups in total. The Kier molecular flexibility index (Phi) is 5.09. The standard InChI is InChI=1S/C19H21FN2OS/c1-3-16(13-5-7-15(20)8-6-13)21-22-19(23)18-11-14-10-12(2)4-9-17(14)24-18/h5-8,11-12H,3-4,9-10H2,1-2H3,(H,22,23)/b21-16-/t12-/m0/s1. The van der Waals surface area contributed by atoms with Crippen LogP contribution in [0.2, 0.25) is 0 Å². The van der Waals surface area contributed by atoms with Gasteiger partial charge in [0.05, 0.1) is 10.6 Å². The van der Waals surface area contributed by atoms with Gasteiger partial charge in [-0.25, -0.2) is 9.82 Å². The van der Waals surface area contributed by atoms with Crippen LogP contribution in [0.5, 0.6) is 0 Å². The summed E-state index contributed by atoms with van der Waals surface area (Å²) in [4.78, 5) is 14.4. The Bertz CT molecular complexity index is 764. The molecule has 0 spiro atoms. The van der Waals surface area contributed by atoms with Gasteiger partial charge in [0.1, 0.15) is 5.82 Å². The molecule has 0 fully saturated rings. The number of hydrogen-bond donors (Lipinski definition) is 1. The molecule has 126 valence electrons. The van der Waals surface area contributed by atoms with Crippen LogP contribution in [0.4, 0.5) is 4.39 Å². The maximum Gasteiger partial charge on any atom is 0.281 e. The number of carbonyl (C=O) groups is 1. The van der Waals surface area contributed by atoms with Crippen molar-refractivity contribution in [1.29, 1.82) is 0 Å². The number of thiophene rings is 1. The van der Waals surface area contributed by atoms with Crippen LogP contribution in [0.25, 0.3) is 0 Å². The number of nitrogens with one attached hydrogen (secondary N) is 1. The molecule has 0 unspecified atom stereocenters. The molecule has 0 saturated carbocycles. The van der Waals surface area contributed by atoms with Crippen molar-refractivity contribution in [2.75, 3.05) is 0 Å². The van der Waals surface area contributed by atoms with Crippen LogP contribution in [0.15, 0.2) is 35.4 Å². The second-order valence-corrected chi connectivity index (χ2v) is 7.40. The largest absolute Gasteiger partial charge is 0.281 e. The van der Waals surface area contributed by atoms with Gasteiger partial charge in [-0.3, -0.25) is 4.79 Å². The van der Waals surface area contributed by atoms with Crippen LogP contribution in [-0.4, -0.2) is 11.6 Å². The van der Waals surface area contributed by atoms with Crippen LogP contribution in [0, 0.1) is 11.7 Å². The first-order chi connectivity index (χ1) is 11.6. The van der Waals surface area contributed by atoms with E-state index < -0.39 is 0 Å². The van der Waals surface area contributed by atoms with Crippen molar-refractivity contribution >= 4 is 23.0 Å². The van der Waals surface area contributed by atoms with E-state index in [9.17, 15) is 9.18 Å². The Morgan fingerprint density at radius 1 is 1.38 bits per heavy atom. The maximum absolute atomic E-state index is 13.0. The Labute approximate surface area is 145 Å².